The van der Waals surface area contributed by atoms with Crippen LogP contribution in [-0.4, -0.2) is 0 Å². The third kappa shape index (κ3) is 2.43. The molecule has 0 aliphatic rings. The van der Waals surface area contributed by atoms with Gasteiger partial charge in [-0.2, -0.15) is 5.26 Å². The fraction of sp³-hybridized carbons (Fsp3) is 0.182. The van der Waals surface area contributed by atoms with Gasteiger partial charge in [0, 0.05) is 10.5 Å². The van der Waals surface area contributed by atoms with Crippen molar-refractivity contribution in [1.29, 1.82) is 5.26 Å². The van der Waals surface area contributed by atoms with Crippen LogP contribution in [0.15, 0.2) is 22.7 Å². The molecule has 0 saturated heterocycles. The molecule has 1 aromatic rings. The van der Waals surface area contributed by atoms with Crippen molar-refractivity contribution in [3.05, 3.63) is 39.4 Å². The van der Waals surface area contributed by atoms with Crippen molar-refractivity contribution in [3.63, 3.8) is 0 Å². The topological polar surface area (TPSA) is 23.8 Å². The number of hydrogen-bond donors (Lipinski definition) is 0. The summed E-state index contributed by atoms with van der Waals surface area (Å²) in [5.41, 5.74) is 3.45. The van der Waals surface area contributed by atoms with E-state index in [1.54, 1.807) is 0 Å². The molecule has 13 heavy (non-hydrogen) atoms. The molecule has 0 spiro atoms. The Morgan fingerprint density at radius 1 is 1.31 bits per heavy atom. The van der Waals surface area contributed by atoms with E-state index in [2.05, 4.69) is 15.9 Å². The van der Waals surface area contributed by atoms with Crippen molar-refractivity contribution < 1.29 is 0 Å². The molecule has 0 aliphatic heterocycles. The van der Waals surface area contributed by atoms with Crippen LogP contribution < -0.4 is 0 Å². The molecule has 0 atom stereocenters. The van der Waals surface area contributed by atoms with E-state index in [1.807, 2.05) is 38.1 Å². The van der Waals surface area contributed by atoms with Gasteiger partial charge in [-0.3, -0.25) is 0 Å². The minimum Gasteiger partial charge on any atom is -0.193 e. The number of rotatable bonds is 1. The maximum absolute atomic E-state index is 8.37. The molecule has 0 aliphatic carbocycles. The van der Waals surface area contributed by atoms with Gasteiger partial charge in [-0.05, 0) is 36.6 Å². The van der Waals surface area contributed by atoms with E-state index in [4.69, 9.17) is 5.26 Å². The van der Waals surface area contributed by atoms with Crippen molar-refractivity contribution in [2.45, 2.75) is 13.8 Å². The Bertz CT molecular complexity index is 363. The Labute approximate surface area is 86.8 Å². The second kappa shape index (κ2) is 4.25. The first kappa shape index (κ1) is 10.0. The van der Waals surface area contributed by atoms with E-state index < -0.39 is 0 Å². The quantitative estimate of drug-likeness (QED) is 0.683. The van der Waals surface area contributed by atoms with Crippen LogP contribution in [0.25, 0.3) is 6.08 Å². The number of nitriles is 1. The van der Waals surface area contributed by atoms with Crippen molar-refractivity contribution in [2.24, 2.45) is 0 Å². The molecule has 0 aromatic heterocycles. The van der Waals surface area contributed by atoms with Gasteiger partial charge in [-0.25, -0.2) is 0 Å². The highest BCUT2D eigenvalue weighted by molar-refractivity contribution is 9.10. The lowest BCUT2D eigenvalue weighted by molar-refractivity contribution is 1.33. The summed E-state index contributed by atoms with van der Waals surface area (Å²) in [7, 11) is 0. The summed E-state index contributed by atoms with van der Waals surface area (Å²) in [4.78, 5) is 0. The number of hydrogen-bond acceptors (Lipinski definition) is 1. The zero-order valence-corrected chi connectivity index (χ0v) is 9.22. The summed E-state index contributed by atoms with van der Waals surface area (Å²) in [6.45, 7) is 4.08. The maximum Gasteiger partial charge on any atom is 0.0912 e. The van der Waals surface area contributed by atoms with E-state index in [0.717, 1.165) is 10.0 Å². The summed E-state index contributed by atoms with van der Waals surface area (Å²) < 4.78 is 1.14. The number of nitrogens with zero attached hydrogens (tertiary/aromatic N) is 1. The lowest BCUT2D eigenvalue weighted by atomic mass is 10.1. The molecule has 1 nitrogen and oxygen atoms in total. The molecule has 0 heterocycles. The predicted octanol–water partition coefficient (Wildman–Crippen LogP) is 3.60. The number of benzene rings is 1. The van der Waals surface area contributed by atoms with Crippen LogP contribution in [0, 0.1) is 25.2 Å². The molecular weight excluding hydrogens is 226 g/mol. The third-order valence-corrected chi connectivity index (χ3v) is 3.06. The number of aryl methyl sites for hydroxylation is 2. The average molecular weight is 236 g/mol. The highest BCUT2D eigenvalue weighted by Gasteiger charge is 1.99. The zero-order chi connectivity index (χ0) is 9.84. The van der Waals surface area contributed by atoms with Crippen LogP contribution in [0.3, 0.4) is 0 Å². The molecule has 1 aromatic carbocycles. The molecule has 0 amide bonds. The van der Waals surface area contributed by atoms with Gasteiger partial charge in [0.1, 0.15) is 0 Å². The molecule has 0 radical (unpaired) electrons. The maximum atomic E-state index is 8.37. The highest BCUT2D eigenvalue weighted by atomic mass is 79.9. The highest BCUT2D eigenvalue weighted by Crippen LogP contribution is 2.22. The molecule has 0 N–H and O–H groups in total. The van der Waals surface area contributed by atoms with E-state index in [1.165, 1.54) is 17.2 Å². The smallest absolute Gasteiger partial charge is 0.0912 e. The fourth-order valence-electron chi connectivity index (χ4n) is 1.21. The first-order valence-corrected chi connectivity index (χ1v) is 4.77. The number of allylic oxidation sites excluding steroid dienone is 1. The minimum absolute atomic E-state index is 1.07. The fourth-order valence-corrected chi connectivity index (χ4v) is 1.44. The van der Waals surface area contributed by atoms with Gasteiger partial charge in [0.2, 0.25) is 0 Å². The largest absolute Gasteiger partial charge is 0.193 e. The van der Waals surface area contributed by atoms with Crippen LogP contribution in [0.2, 0.25) is 0 Å². The molecule has 1 rings (SSSR count). The summed E-state index contributed by atoms with van der Waals surface area (Å²) in [5.74, 6) is 0. The van der Waals surface area contributed by atoms with Gasteiger partial charge in [0.05, 0.1) is 6.07 Å². The molecular formula is C11H10BrN. The van der Waals surface area contributed by atoms with Gasteiger partial charge < -0.3 is 0 Å². The van der Waals surface area contributed by atoms with Gasteiger partial charge in [-0.1, -0.05) is 28.1 Å². The molecule has 0 fully saturated rings. The van der Waals surface area contributed by atoms with Crippen LogP contribution in [-0.2, 0) is 0 Å². The van der Waals surface area contributed by atoms with E-state index in [-0.39, 0.29) is 0 Å². The van der Waals surface area contributed by atoms with Gasteiger partial charge in [-0.15, -0.1) is 0 Å². The molecule has 0 unspecified atom stereocenters. The molecule has 66 valence electrons. The Morgan fingerprint density at radius 2 is 1.85 bits per heavy atom. The summed E-state index contributed by atoms with van der Waals surface area (Å²) >= 11 is 3.49. The normalized spacial score (nSPS) is 10.3. The summed E-state index contributed by atoms with van der Waals surface area (Å²) in [6.07, 6.45) is 3.30. The lowest BCUT2D eigenvalue weighted by Gasteiger charge is -2.03. The van der Waals surface area contributed by atoms with Crippen molar-refractivity contribution in [2.75, 3.05) is 0 Å². The minimum atomic E-state index is 1.07. The zero-order valence-electron chi connectivity index (χ0n) is 7.63. The Kier molecular flexibility index (Phi) is 3.27. The molecule has 0 bridgehead atoms. The van der Waals surface area contributed by atoms with Gasteiger partial charge in [0.25, 0.3) is 0 Å². The summed E-state index contributed by atoms with van der Waals surface area (Å²) in [5, 5.41) is 8.37. The van der Waals surface area contributed by atoms with E-state index >= 15 is 0 Å². The SMILES string of the molecule is Cc1cc(/C=C/C#N)cc(C)c1Br. The van der Waals surface area contributed by atoms with Crippen molar-refractivity contribution in [1.82, 2.24) is 0 Å². The van der Waals surface area contributed by atoms with E-state index in [9.17, 15) is 0 Å². The van der Waals surface area contributed by atoms with Crippen LogP contribution in [0.5, 0.6) is 0 Å². The van der Waals surface area contributed by atoms with E-state index in [0.29, 0.717) is 0 Å². The first-order valence-electron chi connectivity index (χ1n) is 3.98. The predicted molar refractivity (Wildman–Crippen MR) is 58.3 cm³/mol. The summed E-state index contributed by atoms with van der Waals surface area (Å²) in [6, 6.07) is 6.07. The van der Waals surface area contributed by atoms with Crippen LogP contribution >= 0.6 is 15.9 Å². The monoisotopic (exact) mass is 235 g/mol. The second-order valence-electron chi connectivity index (χ2n) is 2.93. The standard InChI is InChI=1S/C11H10BrN/c1-8-6-10(4-3-5-13)7-9(2)11(8)12/h3-4,6-7H,1-2H3/b4-3+. The Balaban J connectivity index is 3.15. The Morgan fingerprint density at radius 3 is 2.31 bits per heavy atom. The number of halogens is 1. The lowest BCUT2D eigenvalue weighted by Crippen LogP contribution is -1.83. The average Bonchev–Trinajstić information content (AvgIpc) is 2.10. The van der Waals surface area contributed by atoms with Crippen molar-refractivity contribution >= 4 is 22.0 Å². The molecule has 2 heteroatoms. The van der Waals surface area contributed by atoms with Crippen LogP contribution in [0.1, 0.15) is 16.7 Å². The molecule has 0 saturated carbocycles. The first-order chi connectivity index (χ1) is 6.15. The van der Waals surface area contributed by atoms with Gasteiger partial charge in [0.15, 0.2) is 0 Å². The van der Waals surface area contributed by atoms with Crippen molar-refractivity contribution in [3.8, 4) is 6.07 Å². The third-order valence-electron chi connectivity index (χ3n) is 1.81. The van der Waals surface area contributed by atoms with Crippen LogP contribution in [0.4, 0.5) is 0 Å². The van der Waals surface area contributed by atoms with Gasteiger partial charge >= 0.3 is 0 Å². The Hall–Kier alpha value is -1.07. The second-order valence-corrected chi connectivity index (χ2v) is 3.72.